The van der Waals surface area contributed by atoms with Gasteiger partial charge in [0.05, 0.1) is 37.2 Å². The van der Waals surface area contributed by atoms with Crippen molar-refractivity contribution in [3.05, 3.63) is 45.4 Å². The summed E-state index contributed by atoms with van der Waals surface area (Å²) in [6, 6.07) is 8.96. The number of nitrogens with one attached hydrogen (secondary N) is 2. The lowest BCUT2D eigenvalue weighted by Crippen LogP contribution is -2.25. The third kappa shape index (κ3) is 6.88. The van der Waals surface area contributed by atoms with E-state index < -0.39 is 0 Å². The van der Waals surface area contributed by atoms with Crippen LogP contribution in [-0.4, -0.2) is 55.1 Å². The molecule has 0 radical (unpaired) electrons. The summed E-state index contributed by atoms with van der Waals surface area (Å²) in [5, 5.41) is 8.04. The quantitative estimate of drug-likeness (QED) is 0.206. The Labute approximate surface area is 224 Å². The molecule has 0 saturated heterocycles. The largest absolute Gasteiger partial charge is 0.495 e. The first-order valence-corrected chi connectivity index (χ1v) is 12.5. The van der Waals surface area contributed by atoms with Crippen LogP contribution in [0.25, 0.3) is 0 Å². The lowest BCUT2D eigenvalue weighted by molar-refractivity contribution is 0.309. The van der Waals surface area contributed by atoms with Crippen molar-refractivity contribution in [3.8, 4) is 17.2 Å². The zero-order chi connectivity index (χ0) is 26.1. The van der Waals surface area contributed by atoms with Gasteiger partial charge in [-0.1, -0.05) is 11.6 Å². The van der Waals surface area contributed by atoms with Gasteiger partial charge in [0, 0.05) is 18.1 Å². The Morgan fingerprint density at radius 2 is 1.72 bits per heavy atom. The highest BCUT2D eigenvalue weighted by atomic mass is 79.9. The van der Waals surface area contributed by atoms with E-state index in [1.165, 1.54) is 0 Å². The van der Waals surface area contributed by atoms with Crippen LogP contribution in [0.5, 0.6) is 17.2 Å². The predicted molar refractivity (Wildman–Crippen MR) is 148 cm³/mol. The van der Waals surface area contributed by atoms with E-state index in [2.05, 4.69) is 46.7 Å². The van der Waals surface area contributed by atoms with Gasteiger partial charge in [0.25, 0.3) is 0 Å². The van der Waals surface area contributed by atoms with Crippen molar-refractivity contribution in [3.63, 3.8) is 0 Å². The topological polar surface area (TPSA) is 106 Å². The molecule has 3 rings (SSSR count). The minimum absolute atomic E-state index is 0.267. The average Bonchev–Trinajstić information content (AvgIpc) is 2.86. The molecule has 10 nitrogen and oxygen atoms in total. The van der Waals surface area contributed by atoms with E-state index in [0.29, 0.717) is 46.5 Å². The fraction of sp³-hybridized carbons (Fsp3) is 0.333. The van der Waals surface area contributed by atoms with Crippen molar-refractivity contribution >= 4 is 57.3 Å². The van der Waals surface area contributed by atoms with Crippen molar-refractivity contribution in [2.24, 2.45) is 5.10 Å². The van der Waals surface area contributed by atoms with Gasteiger partial charge in [-0.25, -0.2) is 5.43 Å². The molecule has 2 aromatic carbocycles. The highest BCUT2D eigenvalue weighted by molar-refractivity contribution is 9.10. The third-order valence-corrected chi connectivity index (χ3v) is 5.82. The van der Waals surface area contributed by atoms with Crippen LogP contribution >= 0.6 is 27.5 Å². The maximum Gasteiger partial charge on any atom is 0.250 e. The number of hydrazone groups is 1. The minimum atomic E-state index is 0.267. The number of aromatic nitrogens is 3. The second kappa shape index (κ2) is 13.1. The molecule has 0 aliphatic heterocycles. The molecule has 0 saturated carbocycles. The van der Waals surface area contributed by atoms with Crippen LogP contribution < -0.4 is 29.9 Å². The fourth-order valence-corrected chi connectivity index (χ4v) is 4.03. The highest BCUT2D eigenvalue weighted by Gasteiger charge is 2.14. The van der Waals surface area contributed by atoms with Crippen LogP contribution in [0.1, 0.15) is 26.3 Å². The highest BCUT2D eigenvalue weighted by Crippen LogP contribution is 2.36. The van der Waals surface area contributed by atoms with Crippen LogP contribution in [0.4, 0.5) is 23.5 Å². The Kier molecular flexibility index (Phi) is 9.95. The summed E-state index contributed by atoms with van der Waals surface area (Å²) in [5.74, 6) is 2.92. The lowest BCUT2D eigenvalue weighted by atomic mass is 10.2. The number of hydrogen-bond donors (Lipinski definition) is 2. The van der Waals surface area contributed by atoms with Gasteiger partial charge in [-0.3, -0.25) is 0 Å². The molecule has 1 heterocycles. The number of anilines is 4. The molecule has 36 heavy (non-hydrogen) atoms. The van der Waals surface area contributed by atoms with Crippen LogP contribution in [0.3, 0.4) is 0 Å². The number of hydrogen-bond acceptors (Lipinski definition) is 10. The maximum atomic E-state index is 6.18. The van der Waals surface area contributed by atoms with Gasteiger partial charge in [0.2, 0.25) is 17.8 Å². The summed E-state index contributed by atoms with van der Waals surface area (Å²) in [6.07, 6.45) is 1.64. The van der Waals surface area contributed by atoms with Crippen molar-refractivity contribution in [2.45, 2.75) is 20.8 Å². The summed E-state index contributed by atoms with van der Waals surface area (Å²) in [4.78, 5) is 15.6. The van der Waals surface area contributed by atoms with Crippen molar-refractivity contribution < 1.29 is 14.2 Å². The standard InChI is InChI=1S/C24H29BrClN7O3/c1-6-33(7-2)24-30-22(28-18-13-16(26)9-10-19(18)34-4)29-23(31-24)32-27-14-15-11-17(25)21(36-8-3)20(12-15)35-5/h9-14H,6-8H2,1-5H3,(H2,28,29,30,31,32)/b27-14-. The number of rotatable bonds is 12. The maximum absolute atomic E-state index is 6.18. The normalized spacial score (nSPS) is 10.9. The predicted octanol–water partition coefficient (Wildman–Crippen LogP) is 5.74. The van der Waals surface area contributed by atoms with E-state index in [-0.39, 0.29) is 5.95 Å². The molecular weight excluding hydrogens is 550 g/mol. The summed E-state index contributed by atoms with van der Waals surface area (Å²) >= 11 is 9.70. The molecule has 0 fully saturated rings. The fourth-order valence-electron chi connectivity index (χ4n) is 3.28. The van der Waals surface area contributed by atoms with E-state index in [1.807, 2.05) is 37.8 Å². The Hall–Kier alpha value is -3.31. The molecule has 0 aliphatic carbocycles. The summed E-state index contributed by atoms with van der Waals surface area (Å²) in [6.45, 7) is 7.95. The molecular formula is C24H29BrClN7O3. The number of methoxy groups -OCH3 is 2. The van der Waals surface area contributed by atoms with Gasteiger partial charge in [-0.05, 0) is 72.6 Å². The minimum Gasteiger partial charge on any atom is -0.495 e. The van der Waals surface area contributed by atoms with E-state index >= 15 is 0 Å². The van der Waals surface area contributed by atoms with Crippen molar-refractivity contribution in [1.29, 1.82) is 0 Å². The zero-order valence-corrected chi connectivity index (χ0v) is 23.1. The molecule has 12 heteroatoms. The van der Waals surface area contributed by atoms with E-state index in [4.69, 9.17) is 25.8 Å². The molecule has 0 amide bonds. The average molecular weight is 579 g/mol. The monoisotopic (exact) mass is 577 g/mol. The molecule has 0 unspecified atom stereocenters. The summed E-state index contributed by atoms with van der Waals surface area (Å²) < 4.78 is 17.3. The molecule has 0 aliphatic rings. The molecule has 1 aromatic heterocycles. The smallest absolute Gasteiger partial charge is 0.250 e. The van der Waals surface area contributed by atoms with Crippen LogP contribution in [0.15, 0.2) is 39.9 Å². The second-order valence-electron chi connectivity index (χ2n) is 7.26. The first-order chi connectivity index (χ1) is 17.4. The number of nitrogens with zero attached hydrogens (tertiary/aromatic N) is 5. The Bertz CT molecular complexity index is 1210. The zero-order valence-electron chi connectivity index (χ0n) is 20.8. The lowest BCUT2D eigenvalue weighted by Gasteiger charge is -2.19. The second-order valence-corrected chi connectivity index (χ2v) is 8.55. The molecule has 0 bridgehead atoms. The Balaban J connectivity index is 1.90. The summed E-state index contributed by atoms with van der Waals surface area (Å²) in [7, 11) is 3.17. The third-order valence-electron chi connectivity index (χ3n) is 5.00. The van der Waals surface area contributed by atoms with Crippen LogP contribution in [-0.2, 0) is 0 Å². The number of halogens is 2. The van der Waals surface area contributed by atoms with Gasteiger partial charge in [-0.2, -0.15) is 20.1 Å². The van der Waals surface area contributed by atoms with Crippen molar-refractivity contribution in [1.82, 2.24) is 15.0 Å². The summed E-state index contributed by atoms with van der Waals surface area (Å²) in [5.41, 5.74) is 4.31. The van der Waals surface area contributed by atoms with E-state index in [1.54, 1.807) is 38.6 Å². The van der Waals surface area contributed by atoms with Gasteiger partial charge in [-0.15, -0.1) is 0 Å². The Morgan fingerprint density at radius 3 is 2.39 bits per heavy atom. The Morgan fingerprint density at radius 1 is 1.00 bits per heavy atom. The van der Waals surface area contributed by atoms with Gasteiger partial charge in [0.1, 0.15) is 5.75 Å². The van der Waals surface area contributed by atoms with Gasteiger partial charge in [0.15, 0.2) is 11.5 Å². The molecule has 3 aromatic rings. The molecule has 0 atom stereocenters. The first-order valence-electron chi connectivity index (χ1n) is 11.3. The van der Waals surface area contributed by atoms with Crippen LogP contribution in [0, 0.1) is 0 Å². The SMILES string of the molecule is CCOc1c(Br)cc(/C=N\Nc2nc(Nc3cc(Cl)ccc3OC)nc(N(CC)CC)n2)cc1OC. The molecule has 0 spiro atoms. The van der Waals surface area contributed by atoms with Crippen molar-refractivity contribution in [2.75, 3.05) is 49.6 Å². The van der Waals surface area contributed by atoms with E-state index in [0.717, 1.165) is 23.1 Å². The van der Waals surface area contributed by atoms with E-state index in [9.17, 15) is 0 Å². The van der Waals surface area contributed by atoms with Crippen LogP contribution in [0.2, 0.25) is 5.02 Å². The van der Waals surface area contributed by atoms with Gasteiger partial charge >= 0.3 is 0 Å². The first kappa shape index (κ1) is 27.3. The number of ether oxygens (including phenoxy) is 3. The molecule has 2 N–H and O–H groups in total. The van der Waals surface area contributed by atoms with Gasteiger partial charge < -0.3 is 24.4 Å². The molecule has 192 valence electrons. The number of benzene rings is 2.